The first kappa shape index (κ1) is 23.6. The van der Waals surface area contributed by atoms with Gasteiger partial charge in [-0.2, -0.15) is 13.2 Å². The van der Waals surface area contributed by atoms with Gasteiger partial charge in [0, 0.05) is 46.4 Å². The van der Waals surface area contributed by atoms with Crippen molar-refractivity contribution in [1.82, 2.24) is 10.2 Å². The summed E-state index contributed by atoms with van der Waals surface area (Å²) >= 11 is 0. The normalized spacial score (nSPS) is 15.5. The Bertz CT molecular complexity index is 594. The van der Waals surface area contributed by atoms with Gasteiger partial charge < -0.3 is 25.0 Å². The lowest BCUT2D eigenvalue weighted by Crippen LogP contribution is -2.52. The van der Waals surface area contributed by atoms with Crippen LogP contribution in [0.25, 0.3) is 0 Å². The molecule has 0 unspecified atom stereocenters. The highest BCUT2D eigenvalue weighted by Crippen LogP contribution is 2.27. The zero-order chi connectivity index (χ0) is 19.0. The van der Waals surface area contributed by atoms with Crippen LogP contribution in [0.4, 0.5) is 18.9 Å². The summed E-state index contributed by atoms with van der Waals surface area (Å²) in [5.41, 5.74) is 0.817. The molecule has 27 heavy (non-hydrogen) atoms. The molecular formula is C17H26F3IN4O2. The number of phenols is 1. The second-order valence-corrected chi connectivity index (χ2v) is 5.96. The summed E-state index contributed by atoms with van der Waals surface area (Å²) in [6.45, 7) is 2.28. The summed E-state index contributed by atoms with van der Waals surface area (Å²) in [4.78, 5) is 8.43. The van der Waals surface area contributed by atoms with Gasteiger partial charge in [0.05, 0.1) is 5.69 Å². The number of anilines is 1. The van der Waals surface area contributed by atoms with Crippen LogP contribution >= 0.6 is 24.0 Å². The summed E-state index contributed by atoms with van der Waals surface area (Å²) in [6, 6.07) is 7.24. The quantitative estimate of drug-likeness (QED) is 0.271. The van der Waals surface area contributed by atoms with E-state index in [0.717, 1.165) is 37.8 Å². The van der Waals surface area contributed by atoms with E-state index in [1.54, 1.807) is 19.2 Å². The number of nitrogens with zero attached hydrogens (tertiary/aromatic N) is 3. The molecule has 0 bridgehead atoms. The Labute approximate surface area is 174 Å². The van der Waals surface area contributed by atoms with Crippen LogP contribution in [0.2, 0.25) is 0 Å². The largest absolute Gasteiger partial charge is 0.506 e. The number of hydrogen-bond donors (Lipinski definition) is 2. The second-order valence-electron chi connectivity index (χ2n) is 5.96. The van der Waals surface area contributed by atoms with Crippen molar-refractivity contribution in [1.29, 1.82) is 0 Å². The van der Waals surface area contributed by atoms with Crippen LogP contribution in [0.3, 0.4) is 0 Å². The number of piperazine rings is 1. The monoisotopic (exact) mass is 502 g/mol. The second kappa shape index (κ2) is 11.4. The molecule has 154 valence electrons. The van der Waals surface area contributed by atoms with E-state index in [9.17, 15) is 18.3 Å². The molecule has 0 aliphatic carbocycles. The summed E-state index contributed by atoms with van der Waals surface area (Å²) < 4.78 is 40.5. The first-order valence-electron chi connectivity index (χ1n) is 8.54. The van der Waals surface area contributed by atoms with E-state index in [0.29, 0.717) is 13.0 Å². The van der Waals surface area contributed by atoms with Gasteiger partial charge >= 0.3 is 6.18 Å². The van der Waals surface area contributed by atoms with Crippen molar-refractivity contribution in [3.05, 3.63) is 24.3 Å². The standard InChI is InChI=1S/C17H25F3N4O2.HI/c1-21-16(22-7-4-12-26-13-17(18,19)20)24-10-8-23(9-11-24)14-5-2-3-6-15(14)25;/h2-3,5-6,25H,4,7-13H2,1H3,(H,21,22);1H. The molecule has 0 saturated carbocycles. The molecule has 1 aromatic carbocycles. The maximum atomic E-state index is 12.0. The Morgan fingerprint density at radius 2 is 1.89 bits per heavy atom. The smallest absolute Gasteiger partial charge is 0.411 e. The van der Waals surface area contributed by atoms with Crippen LogP contribution in [0.15, 0.2) is 29.3 Å². The molecule has 0 spiro atoms. The highest BCUT2D eigenvalue weighted by Gasteiger charge is 2.27. The number of hydrogen-bond acceptors (Lipinski definition) is 4. The van der Waals surface area contributed by atoms with Crippen molar-refractivity contribution in [2.75, 3.05) is 57.9 Å². The molecule has 10 heteroatoms. The summed E-state index contributed by atoms with van der Waals surface area (Å²) in [5.74, 6) is 0.986. The van der Waals surface area contributed by atoms with Crippen molar-refractivity contribution in [3.63, 3.8) is 0 Å². The Balaban J connectivity index is 0.00000364. The van der Waals surface area contributed by atoms with Gasteiger partial charge in [0.15, 0.2) is 5.96 Å². The molecule has 2 rings (SSSR count). The number of benzene rings is 1. The van der Waals surface area contributed by atoms with Gasteiger partial charge in [0.1, 0.15) is 12.4 Å². The van der Waals surface area contributed by atoms with Gasteiger partial charge in [-0.1, -0.05) is 12.1 Å². The number of phenolic OH excluding ortho intramolecular Hbond substituents is 1. The van der Waals surface area contributed by atoms with Crippen molar-refractivity contribution in [3.8, 4) is 5.75 Å². The van der Waals surface area contributed by atoms with Gasteiger partial charge in [-0.15, -0.1) is 24.0 Å². The highest BCUT2D eigenvalue weighted by atomic mass is 127. The van der Waals surface area contributed by atoms with Gasteiger partial charge in [0.2, 0.25) is 0 Å². The van der Waals surface area contributed by atoms with Crippen molar-refractivity contribution in [2.24, 2.45) is 4.99 Å². The number of ether oxygens (including phenoxy) is 1. The van der Waals surface area contributed by atoms with E-state index < -0.39 is 12.8 Å². The van der Waals surface area contributed by atoms with Crippen molar-refractivity contribution < 1.29 is 23.0 Å². The lowest BCUT2D eigenvalue weighted by Gasteiger charge is -2.37. The molecular weight excluding hydrogens is 476 g/mol. The fourth-order valence-electron chi connectivity index (χ4n) is 2.79. The lowest BCUT2D eigenvalue weighted by atomic mass is 10.2. The minimum absolute atomic E-state index is 0. The Morgan fingerprint density at radius 1 is 1.22 bits per heavy atom. The maximum Gasteiger partial charge on any atom is 0.411 e. The summed E-state index contributed by atoms with van der Waals surface area (Å²) in [5, 5.41) is 13.1. The Hall–Kier alpha value is -1.43. The molecule has 1 fully saturated rings. The Morgan fingerprint density at radius 3 is 2.48 bits per heavy atom. The zero-order valence-corrected chi connectivity index (χ0v) is 17.5. The molecule has 0 atom stereocenters. The van der Waals surface area contributed by atoms with E-state index in [1.165, 1.54) is 0 Å². The summed E-state index contributed by atoms with van der Waals surface area (Å²) in [7, 11) is 1.68. The van der Waals surface area contributed by atoms with Crippen molar-refractivity contribution >= 4 is 35.6 Å². The molecule has 6 nitrogen and oxygen atoms in total. The van der Waals surface area contributed by atoms with Crippen LogP contribution in [-0.4, -0.2) is 75.1 Å². The highest BCUT2D eigenvalue weighted by molar-refractivity contribution is 14.0. The molecule has 1 heterocycles. The van der Waals surface area contributed by atoms with E-state index in [1.807, 2.05) is 12.1 Å². The third-order valence-electron chi connectivity index (χ3n) is 4.03. The minimum atomic E-state index is -4.28. The fraction of sp³-hybridized carbons (Fsp3) is 0.588. The van der Waals surface area contributed by atoms with Gasteiger partial charge in [-0.3, -0.25) is 4.99 Å². The van der Waals surface area contributed by atoms with E-state index in [4.69, 9.17) is 0 Å². The fourth-order valence-corrected chi connectivity index (χ4v) is 2.79. The maximum absolute atomic E-state index is 12.0. The number of guanidine groups is 1. The number of halogens is 4. The topological polar surface area (TPSA) is 60.3 Å². The predicted molar refractivity (Wildman–Crippen MR) is 110 cm³/mol. The molecule has 2 N–H and O–H groups in total. The number of para-hydroxylation sites is 2. The van der Waals surface area contributed by atoms with Crippen LogP contribution in [0.1, 0.15) is 6.42 Å². The molecule has 0 amide bonds. The van der Waals surface area contributed by atoms with Crippen LogP contribution in [0.5, 0.6) is 5.75 Å². The van der Waals surface area contributed by atoms with E-state index in [-0.39, 0.29) is 36.3 Å². The van der Waals surface area contributed by atoms with Gasteiger partial charge in [-0.25, -0.2) is 0 Å². The average Bonchev–Trinajstić information content (AvgIpc) is 2.61. The molecule has 1 aliphatic rings. The molecule has 0 radical (unpaired) electrons. The molecule has 1 saturated heterocycles. The number of alkyl halides is 3. The number of nitrogens with one attached hydrogen (secondary N) is 1. The van der Waals surface area contributed by atoms with Gasteiger partial charge in [0.25, 0.3) is 0 Å². The Kier molecular flexibility index (Phi) is 9.99. The van der Waals surface area contributed by atoms with Crippen LogP contribution in [0, 0.1) is 0 Å². The zero-order valence-electron chi connectivity index (χ0n) is 15.2. The van der Waals surface area contributed by atoms with Crippen LogP contribution < -0.4 is 10.2 Å². The van der Waals surface area contributed by atoms with E-state index >= 15 is 0 Å². The summed E-state index contributed by atoms with van der Waals surface area (Å²) in [6.07, 6.45) is -3.82. The predicted octanol–water partition coefficient (Wildman–Crippen LogP) is 2.68. The minimum Gasteiger partial charge on any atom is -0.506 e. The third-order valence-corrected chi connectivity index (χ3v) is 4.03. The van der Waals surface area contributed by atoms with Crippen LogP contribution in [-0.2, 0) is 4.74 Å². The number of aliphatic imine (C=N–C) groups is 1. The van der Waals surface area contributed by atoms with Crippen molar-refractivity contribution in [2.45, 2.75) is 12.6 Å². The number of aromatic hydroxyl groups is 1. The molecule has 1 aliphatic heterocycles. The first-order chi connectivity index (χ1) is 12.4. The first-order valence-corrected chi connectivity index (χ1v) is 8.54. The SMILES string of the molecule is CN=C(NCCCOCC(F)(F)F)N1CCN(c2ccccc2O)CC1.I. The third kappa shape index (κ3) is 7.99. The molecule has 1 aromatic rings. The van der Waals surface area contributed by atoms with Gasteiger partial charge in [-0.05, 0) is 18.6 Å². The molecule has 0 aromatic heterocycles. The van der Waals surface area contributed by atoms with E-state index in [2.05, 4.69) is 24.8 Å². The average molecular weight is 502 g/mol. The lowest BCUT2D eigenvalue weighted by molar-refractivity contribution is -0.173. The number of rotatable bonds is 6.